The van der Waals surface area contributed by atoms with E-state index in [0.717, 1.165) is 27.8 Å². The van der Waals surface area contributed by atoms with Gasteiger partial charge in [0.2, 0.25) is 5.91 Å². The van der Waals surface area contributed by atoms with Gasteiger partial charge in [0.05, 0.1) is 29.0 Å². The molecule has 0 aliphatic carbocycles. The van der Waals surface area contributed by atoms with Crippen LogP contribution in [0.1, 0.15) is 12.5 Å². The lowest BCUT2D eigenvalue weighted by atomic mass is 10.1. The Balaban J connectivity index is 1.63. The van der Waals surface area contributed by atoms with Crippen LogP contribution < -0.4 is 20.7 Å². The Labute approximate surface area is 161 Å². The van der Waals surface area contributed by atoms with Crippen LogP contribution in [0.5, 0.6) is 5.75 Å². The maximum absolute atomic E-state index is 11.9. The first-order valence-corrected chi connectivity index (χ1v) is 8.85. The molecule has 0 radical (unpaired) electrons. The van der Waals surface area contributed by atoms with Crippen molar-refractivity contribution in [2.24, 2.45) is 0 Å². The third-order valence-electron chi connectivity index (χ3n) is 4.47. The number of hydrogen-bond donors (Lipinski definition) is 3. The highest BCUT2D eigenvalue weighted by Gasteiger charge is 2.22. The van der Waals surface area contributed by atoms with E-state index >= 15 is 0 Å². The molecule has 0 bridgehead atoms. The van der Waals surface area contributed by atoms with Crippen molar-refractivity contribution in [2.75, 3.05) is 23.1 Å². The number of fused-ring (bicyclic) bond motifs is 2. The molecular formula is C19H18ClN5O2. The number of nitrogens with zero attached hydrogens (tertiary/aromatic N) is 2. The van der Waals surface area contributed by atoms with Crippen LogP contribution in [-0.4, -0.2) is 29.0 Å². The van der Waals surface area contributed by atoms with Gasteiger partial charge in [-0.1, -0.05) is 17.7 Å². The van der Waals surface area contributed by atoms with Crippen molar-refractivity contribution in [3.63, 3.8) is 0 Å². The minimum absolute atomic E-state index is 0.0684. The number of methoxy groups -OCH3 is 1. The quantitative estimate of drug-likeness (QED) is 0.637. The molecule has 1 atom stereocenters. The van der Waals surface area contributed by atoms with E-state index in [9.17, 15) is 4.79 Å². The summed E-state index contributed by atoms with van der Waals surface area (Å²) >= 11 is 6.19. The van der Waals surface area contributed by atoms with Crippen LogP contribution in [0.15, 0.2) is 36.7 Å². The summed E-state index contributed by atoms with van der Waals surface area (Å²) in [6.07, 6.45) is 1.52. The Morgan fingerprint density at radius 2 is 2.07 bits per heavy atom. The third kappa shape index (κ3) is 3.33. The SMILES string of the molecule is COc1ccc(CNc2ncnc3cc4c(cc23)NC(=O)C(C)N4)cc1Cl. The number of amides is 1. The molecule has 0 saturated carbocycles. The molecule has 27 heavy (non-hydrogen) atoms. The van der Waals surface area contributed by atoms with E-state index in [0.29, 0.717) is 23.1 Å². The number of carbonyl (C=O) groups is 1. The number of anilines is 3. The summed E-state index contributed by atoms with van der Waals surface area (Å²) in [5, 5.41) is 10.8. The van der Waals surface area contributed by atoms with E-state index in [4.69, 9.17) is 16.3 Å². The van der Waals surface area contributed by atoms with Crippen LogP contribution in [-0.2, 0) is 11.3 Å². The van der Waals surface area contributed by atoms with Gasteiger partial charge < -0.3 is 20.7 Å². The van der Waals surface area contributed by atoms with Crippen molar-refractivity contribution in [2.45, 2.75) is 19.5 Å². The van der Waals surface area contributed by atoms with E-state index in [1.54, 1.807) is 7.11 Å². The molecule has 138 valence electrons. The van der Waals surface area contributed by atoms with Gasteiger partial charge in [0, 0.05) is 11.9 Å². The molecule has 2 aromatic carbocycles. The number of carbonyl (C=O) groups excluding carboxylic acids is 1. The van der Waals surface area contributed by atoms with Crippen molar-refractivity contribution >= 4 is 45.6 Å². The molecule has 1 aromatic heterocycles. The zero-order valence-corrected chi connectivity index (χ0v) is 15.6. The predicted molar refractivity (Wildman–Crippen MR) is 107 cm³/mol. The first-order valence-electron chi connectivity index (χ1n) is 8.47. The van der Waals surface area contributed by atoms with Crippen LogP contribution in [0.2, 0.25) is 5.02 Å². The molecule has 1 aliphatic heterocycles. The number of halogens is 1. The monoisotopic (exact) mass is 383 g/mol. The Hall–Kier alpha value is -3.06. The van der Waals surface area contributed by atoms with Crippen molar-refractivity contribution in [3.05, 3.63) is 47.2 Å². The summed E-state index contributed by atoms with van der Waals surface area (Å²) in [6.45, 7) is 2.35. The van der Waals surface area contributed by atoms with Gasteiger partial charge in [-0.3, -0.25) is 4.79 Å². The Morgan fingerprint density at radius 1 is 1.22 bits per heavy atom. The minimum Gasteiger partial charge on any atom is -0.495 e. The highest BCUT2D eigenvalue weighted by atomic mass is 35.5. The van der Waals surface area contributed by atoms with E-state index in [-0.39, 0.29) is 11.9 Å². The maximum atomic E-state index is 11.9. The second-order valence-corrected chi connectivity index (χ2v) is 6.72. The van der Waals surface area contributed by atoms with Gasteiger partial charge in [-0.05, 0) is 36.8 Å². The summed E-state index contributed by atoms with van der Waals surface area (Å²) in [7, 11) is 1.58. The standard InChI is InChI=1S/C19H18ClN5O2/c1-10-19(26)25-15-6-12-14(7-16(15)24-10)22-9-23-18(12)21-8-11-3-4-17(27-2)13(20)5-11/h3-7,9-10,24H,8H2,1-2H3,(H,25,26)(H,21,22,23). The van der Waals surface area contributed by atoms with E-state index in [1.807, 2.05) is 37.3 Å². The molecule has 0 saturated heterocycles. The lowest BCUT2D eigenvalue weighted by Crippen LogP contribution is -2.36. The molecule has 3 N–H and O–H groups in total. The van der Waals surface area contributed by atoms with E-state index < -0.39 is 0 Å². The topological polar surface area (TPSA) is 88.2 Å². The predicted octanol–water partition coefficient (Wildman–Crippen LogP) is 3.66. The fourth-order valence-electron chi connectivity index (χ4n) is 3.01. The summed E-state index contributed by atoms with van der Waals surface area (Å²) in [6, 6.07) is 9.13. The van der Waals surface area contributed by atoms with Crippen LogP contribution >= 0.6 is 11.6 Å². The number of hydrogen-bond acceptors (Lipinski definition) is 6. The lowest BCUT2D eigenvalue weighted by molar-refractivity contribution is -0.116. The van der Waals surface area contributed by atoms with E-state index in [2.05, 4.69) is 25.9 Å². The normalized spacial score (nSPS) is 15.7. The molecule has 3 aromatic rings. The lowest BCUT2D eigenvalue weighted by Gasteiger charge is -2.24. The highest BCUT2D eigenvalue weighted by Crippen LogP contribution is 2.33. The van der Waals surface area contributed by atoms with Crippen molar-refractivity contribution in [1.29, 1.82) is 0 Å². The summed E-state index contributed by atoms with van der Waals surface area (Å²) in [5.41, 5.74) is 3.35. The fourth-order valence-corrected chi connectivity index (χ4v) is 3.29. The first kappa shape index (κ1) is 17.4. The van der Waals surface area contributed by atoms with Gasteiger partial charge >= 0.3 is 0 Å². The van der Waals surface area contributed by atoms with Gasteiger partial charge in [-0.2, -0.15) is 0 Å². The van der Waals surface area contributed by atoms with Gasteiger partial charge in [0.15, 0.2) is 0 Å². The van der Waals surface area contributed by atoms with Crippen molar-refractivity contribution in [1.82, 2.24) is 9.97 Å². The second-order valence-electron chi connectivity index (χ2n) is 6.31. The maximum Gasteiger partial charge on any atom is 0.246 e. The molecule has 1 aliphatic rings. The number of nitrogens with one attached hydrogen (secondary N) is 3. The summed E-state index contributed by atoms with van der Waals surface area (Å²) in [5.74, 6) is 1.25. The van der Waals surface area contributed by atoms with Gasteiger partial charge in [0.25, 0.3) is 0 Å². The second kappa shape index (κ2) is 6.92. The average Bonchev–Trinajstić information content (AvgIpc) is 2.66. The zero-order chi connectivity index (χ0) is 19.0. The smallest absolute Gasteiger partial charge is 0.246 e. The number of rotatable bonds is 4. The first-order chi connectivity index (χ1) is 13.0. The largest absolute Gasteiger partial charge is 0.495 e. The average molecular weight is 384 g/mol. The number of benzene rings is 2. The minimum atomic E-state index is -0.283. The molecule has 0 spiro atoms. The zero-order valence-electron chi connectivity index (χ0n) is 14.8. The molecule has 2 heterocycles. The van der Waals surface area contributed by atoms with Gasteiger partial charge in [-0.25, -0.2) is 9.97 Å². The van der Waals surface area contributed by atoms with Gasteiger partial charge in [-0.15, -0.1) is 0 Å². The van der Waals surface area contributed by atoms with Crippen molar-refractivity contribution < 1.29 is 9.53 Å². The van der Waals surface area contributed by atoms with Crippen molar-refractivity contribution in [3.8, 4) is 5.75 Å². The van der Waals surface area contributed by atoms with Crippen LogP contribution in [0.3, 0.4) is 0 Å². The van der Waals surface area contributed by atoms with Crippen LogP contribution in [0.25, 0.3) is 10.9 Å². The van der Waals surface area contributed by atoms with Gasteiger partial charge in [0.1, 0.15) is 23.9 Å². The summed E-state index contributed by atoms with van der Waals surface area (Å²) in [4.78, 5) is 20.6. The Kier molecular flexibility index (Phi) is 4.45. The molecule has 1 amide bonds. The van der Waals surface area contributed by atoms with Crippen LogP contribution in [0.4, 0.5) is 17.2 Å². The highest BCUT2D eigenvalue weighted by molar-refractivity contribution is 6.32. The molecular weight excluding hydrogens is 366 g/mol. The Bertz CT molecular complexity index is 1040. The third-order valence-corrected chi connectivity index (χ3v) is 4.77. The molecule has 4 rings (SSSR count). The molecule has 8 heteroatoms. The Morgan fingerprint density at radius 3 is 2.85 bits per heavy atom. The number of aromatic nitrogens is 2. The molecule has 7 nitrogen and oxygen atoms in total. The molecule has 1 unspecified atom stereocenters. The molecule has 0 fully saturated rings. The fraction of sp³-hybridized carbons (Fsp3) is 0.211. The van der Waals surface area contributed by atoms with E-state index in [1.165, 1.54) is 6.33 Å². The van der Waals surface area contributed by atoms with Crippen LogP contribution in [0, 0.1) is 0 Å². The number of ether oxygens (including phenoxy) is 1. The summed E-state index contributed by atoms with van der Waals surface area (Å²) < 4.78 is 5.18.